The highest BCUT2D eigenvalue weighted by Gasteiger charge is 2.32. The standard InChI is InChI=1S/C15H28N2O2/c1-15(2,19)13-6-8-17(9-7-13)11-12-4-5-14(18)16(3)10-12/h12-13,19H,4-11H2,1-3H3. The lowest BCUT2D eigenvalue weighted by Gasteiger charge is -2.40. The third-order valence-corrected chi connectivity index (χ3v) is 4.83. The van der Waals surface area contributed by atoms with E-state index in [1.165, 1.54) is 0 Å². The van der Waals surface area contributed by atoms with Crippen LogP contribution in [-0.4, -0.2) is 59.6 Å². The van der Waals surface area contributed by atoms with Gasteiger partial charge in [0.1, 0.15) is 0 Å². The van der Waals surface area contributed by atoms with Crippen LogP contribution >= 0.6 is 0 Å². The van der Waals surface area contributed by atoms with Gasteiger partial charge in [0, 0.05) is 26.6 Å². The van der Waals surface area contributed by atoms with Crippen LogP contribution in [0.1, 0.15) is 39.5 Å². The highest BCUT2D eigenvalue weighted by molar-refractivity contribution is 5.76. The molecule has 4 nitrogen and oxygen atoms in total. The van der Waals surface area contributed by atoms with Gasteiger partial charge in [-0.1, -0.05) is 0 Å². The monoisotopic (exact) mass is 268 g/mol. The maximum absolute atomic E-state index is 11.5. The van der Waals surface area contributed by atoms with Gasteiger partial charge in [-0.3, -0.25) is 4.79 Å². The topological polar surface area (TPSA) is 43.8 Å². The van der Waals surface area contributed by atoms with Crippen LogP contribution in [0.15, 0.2) is 0 Å². The molecule has 2 saturated heterocycles. The summed E-state index contributed by atoms with van der Waals surface area (Å²) < 4.78 is 0. The fraction of sp³-hybridized carbons (Fsp3) is 0.933. The lowest BCUT2D eigenvalue weighted by atomic mass is 9.83. The lowest BCUT2D eigenvalue weighted by molar-refractivity contribution is -0.133. The molecular formula is C15H28N2O2. The molecule has 0 radical (unpaired) electrons. The molecule has 2 aliphatic rings. The van der Waals surface area contributed by atoms with Crippen molar-refractivity contribution < 1.29 is 9.90 Å². The highest BCUT2D eigenvalue weighted by Crippen LogP contribution is 2.28. The van der Waals surface area contributed by atoms with Crippen molar-refractivity contribution in [3.8, 4) is 0 Å². The quantitative estimate of drug-likeness (QED) is 0.840. The maximum Gasteiger partial charge on any atom is 0.222 e. The molecule has 0 spiro atoms. The van der Waals surface area contributed by atoms with E-state index in [-0.39, 0.29) is 5.91 Å². The minimum atomic E-state index is -0.538. The molecule has 19 heavy (non-hydrogen) atoms. The molecule has 1 unspecified atom stereocenters. The molecule has 1 atom stereocenters. The van der Waals surface area contributed by atoms with Crippen molar-refractivity contribution in [2.24, 2.45) is 11.8 Å². The van der Waals surface area contributed by atoms with E-state index < -0.39 is 5.60 Å². The number of carbonyl (C=O) groups is 1. The molecule has 2 rings (SSSR count). The van der Waals surface area contributed by atoms with E-state index >= 15 is 0 Å². The predicted octanol–water partition coefficient (Wildman–Crippen LogP) is 1.34. The number of hydrogen-bond donors (Lipinski definition) is 1. The average molecular weight is 268 g/mol. The van der Waals surface area contributed by atoms with Gasteiger partial charge in [-0.05, 0) is 58.0 Å². The van der Waals surface area contributed by atoms with Gasteiger partial charge in [-0.2, -0.15) is 0 Å². The van der Waals surface area contributed by atoms with Gasteiger partial charge in [-0.15, -0.1) is 0 Å². The Morgan fingerprint density at radius 2 is 1.89 bits per heavy atom. The zero-order chi connectivity index (χ0) is 14.0. The highest BCUT2D eigenvalue weighted by atomic mass is 16.3. The first-order valence-electron chi connectivity index (χ1n) is 7.55. The Kier molecular flexibility index (Phi) is 4.51. The summed E-state index contributed by atoms with van der Waals surface area (Å²) in [6.07, 6.45) is 3.92. The summed E-state index contributed by atoms with van der Waals surface area (Å²) in [5.41, 5.74) is -0.538. The van der Waals surface area contributed by atoms with Gasteiger partial charge < -0.3 is 14.9 Å². The predicted molar refractivity (Wildman–Crippen MR) is 75.8 cm³/mol. The average Bonchev–Trinajstić information content (AvgIpc) is 2.33. The van der Waals surface area contributed by atoms with E-state index in [1.54, 1.807) is 0 Å². The maximum atomic E-state index is 11.5. The summed E-state index contributed by atoms with van der Waals surface area (Å²) in [7, 11) is 1.91. The van der Waals surface area contributed by atoms with E-state index in [1.807, 2.05) is 25.8 Å². The van der Waals surface area contributed by atoms with E-state index in [0.29, 0.717) is 18.3 Å². The Morgan fingerprint density at radius 1 is 1.26 bits per heavy atom. The Balaban J connectivity index is 1.75. The van der Waals surface area contributed by atoms with Crippen molar-refractivity contribution >= 4 is 5.91 Å². The van der Waals surface area contributed by atoms with Crippen LogP contribution in [0.4, 0.5) is 0 Å². The third-order valence-electron chi connectivity index (χ3n) is 4.83. The SMILES string of the molecule is CN1CC(CN2CCC(C(C)(C)O)CC2)CCC1=O. The van der Waals surface area contributed by atoms with Crippen molar-refractivity contribution in [2.45, 2.75) is 45.1 Å². The van der Waals surface area contributed by atoms with Gasteiger partial charge in [0.2, 0.25) is 5.91 Å². The van der Waals surface area contributed by atoms with Crippen molar-refractivity contribution in [2.75, 3.05) is 33.2 Å². The van der Waals surface area contributed by atoms with E-state index in [9.17, 15) is 9.90 Å². The van der Waals surface area contributed by atoms with Crippen molar-refractivity contribution in [1.29, 1.82) is 0 Å². The molecule has 0 saturated carbocycles. The number of hydrogen-bond acceptors (Lipinski definition) is 3. The van der Waals surface area contributed by atoms with Crippen LogP contribution in [-0.2, 0) is 4.79 Å². The molecule has 2 heterocycles. The van der Waals surface area contributed by atoms with Gasteiger partial charge in [0.15, 0.2) is 0 Å². The second-order valence-electron chi connectivity index (χ2n) is 6.91. The molecule has 2 aliphatic heterocycles. The van der Waals surface area contributed by atoms with E-state index in [4.69, 9.17) is 0 Å². The fourth-order valence-electron chi connectivity index (χ4n) is 3.44. The summed E-state index contributed by atoms with van der Waals surface area (Å²) in [5.74, 6) is 1.35. The second-order valence-corrected chi connectivity index (χ2v) is 6.91. The molecular weight excluding hydrogens is 240 g/mol. The van der Waals surface area contributed by atoms with Gasteiger partial charge in [0.25, 0.3) is 0 Å². The summed E-state index contributed by atoms with van der Waals surface area (Å²) >= 11 is 0. The van der Waals surface area contributed by atoms with Crippen LogP contribution in [0.2, 0.25) is 0 Å². The Hall–Kier alpha value is -0.610. The summed E-state index contributed by atoms with van der Waals surface area (Å²) in [6, 6.07) is 0. The molecule has 0 aromatic rings. The molecule has 4 heteroatoms. The number of rotatable bonds is 3. The number of carbonyl (C=O) groups excluding carboxylic acids is 1. The van der Waals surface area contributed by atoms with Crippen LogP contribution in [0, 0.1) is 11.8 Å². The summed E-state index contributed by atoms with van der Waals surface area (Å²) in [5, 5.41) is 10.1. The largest absolute Gasteiger partial charge is 0.390 e. The van der Waals surface area contributed by atoms with Gasteiger partial charge >= 0.3 is 0 Å². The number of piperidine rings is 2. The first kappa shape index (κ1) is 14.8. The summed E-state index contributed by atoms with van der Waals surface area (Å²) in [4.78, 5) is 15.9. The minimum Gasteiger partial charge on any atom is -0.390 e. The molecule has 0 aliphatic carbocycles. The van der Waals surface area contributed by atoms with Crippen LogP contribution in [0.5, 0.6) is 0 Å². The molecule has 1 N–H and O–H groups in total. The Labute approximate surface area is 116 Å². The number of amides is 1. The number of aliphatic hydroxyl groups is 1. The fourth-order valence-corrected chi connectivity index (χ4v) is 3.44. The lowest BCUT2D eigenvalue weighted by Crippen LogP contribution is -2.46. The normalized spacial score (nSPS) is 27.9. The number of nitrogens with zero attached hydrogens (tertiary/aromatic N) is 2. The zero-order valence-electron chi connectivity index (χ0n) is 12.6. The Morgan fingerprint density at radius 3 is 2.42 bits per heavy atom. The first-order chi connectivity index (χ1) is 8.86. The van der Waals surface area contributed by atoms with Crippen LogP contribution in [0.25, 0.3) is 0 Å². The van der Waals surface area contributed by atoms with Crippen molar-refractivity contribution in [1.82, 2.24) is 9.80 Å². The first-order valence-corrected chi connectivity index (χ1v) is 7.55. The minimum absolute atomic E-state index is 0.289. The molecule has 0 aromatic heterocycles. The summed E-state index contributed by atoms with van der Waals surface area (Å²) in [6.45, 7) is 8.04. The Bertz CT molecular complexity index is 317. The smallest absolute Gasteiger partial charge is 0.222 e. The van der Waals surface area contributed by atoms with Gasteiger partial charge in [-0.25, -0.2) is 0 Å². The number of likely N-dealkylation sites (tertiary alicyclic amines) is 2. The van der Waals surface area contributed by atoms with E-state index in [0.717, 1.165) is 45.4 Å². The third kappa shape index (κ3) is 3.93. The molecule has 1 amide bonds. The van der Waals surface area contributed by atoms with Crippen molar-refractivity contribution in [3.05, 3.63) is 0 Å². The van der Waals surface area contributed by atoms with Gasteiger partial charge in [0.05, 0.1) is 5.60 Å². The molecule has 110 valence electrons. The molecule has 2 fully saturated rings. The van der Waals surface area contributed by atoms with Crippen molar-refractivity contribution in [3.63, 3.8) is 0 Å². The molecule has 0 aromatic carbocycles. The zero-order valence-corrected chi connectivity index (χ0v) is 12.6. The second kappa shape index (κ2) is 5.80. The van der Waals surface area contributed by atoms with E-state index in [2.05, 4.69) is 4.90 Å². The van der Waals surface area contributed by atoms with Crippen LogP contribution < -0.4 is 0 Å². The van der Waals surface area contributed by atoms with Crippen LogP contribution in [0.3, 0.4) is 0 Å². The molecule has 0 bridgehead atoms.